The molecule has 0 spiro atoms. The van der Waals surface area contributed by atoms with Crippen LogP contribution >= 0.6 is 0 Å². The second kappa shape index (κ2) is 4.62. The highest BCUT2D eigenvalue weighted by Gasteiger charge is 2.21. The Labute approximate surface area is 110 Å². The van der Waals surface area contributed by atoms with E-state index in [1.165, 1.54) is 6.07 Å². The zero-order valence-corrected chi connectivity index (χ0v) is 10.8. The Hall–Kier alpha value is -1.95. The first-order chi connectivity index (χ1) is 9.13. The van der Waals surface area contributed by atoms with Crippen LogP contribution in [0.15, 0.2) is 18.2 Å². The van der Waals surface area contributed by atoms with Gasteiger partial charge in [0.1, 0.15) is 5.82 Å². The molecule has 2 heterocycles. The molecule has 2 aromatic rings. The van der Waals surface area contributed by atoms with E-state index in [1.807, 2.05) is 0 Å². The molecule has 6 heteroatoms. The summed E-state index contributed by atoms with van der Waals surface area (Å²) in [5.74, 6) is 1.39. The van der Waals surface area contributed by atoms with Gasteiger partial charge in [-0.15, -0.1) is 0 Å². The Morgan fingerprint density at radius 3 is 2.84 bits per heavy atom. The number of imidazole rings is 1. The number of aromatic amines is 1. The first-order valence-corrected chi connectivity index (χ1v) is 6.46. The van der Waals surface area contributed by atoms with E-state index >= 15 is 0 Å². The molecule has 1 aliphatic rings. The molecule has 1 fully saturated rings. The van der Waals surface area contributed by atoms with E-state index in [1.54, 1.807) is 12.1 Å². The molecule has 100 valence electrons. The van der Waals surface area contributed by atoms with Gasteiger partial charge in [0.05, 0.1) is 16.0 Å². The largest absolute Gasteiger partial charge is 0.342 e. The van der Waals surface area contributed by atoms with Gasteiger partial charge in [-0.3, -0.25) is 10.1 Å². The number of nitro groups is 1. The molecule has 1 aromatic heterocycles. The third kappa shape index (κ3) is 2.31. The monoisotopic (exact) mass is 260 g/mol. The van der Waals surface area contributed by atoms with Crippen molar-refractivity contribution in [2.24, 2.45) is 0 Å². The molecule has 1 saturated heterocycles. The predicted octanol–water partition coefficient (Wildman–Crippen LogP) is 2.28. The second-order valence-electron chi connectivity index (χ2n) is 5.16. The van der Waals surface area contributed by atoms with Crippen molar-refractivity contribution in [2.45, 2.75) is 18.8 Å². The van der Waals surface area contributed by atoms with E-state index in [9.17, 15) is 10.1 Å². The number of piperidine rings is 1. The predicted molar refractivity (Wildman–Crippen MR) is 72.2 cm³/mol. The normalized spacial score (nSPS) is 17.9. The number of hydrogen-bond acceptors (Lipinski definition) is 4. The average Bonchev–Trinajstić information content (AvgIpc) is 2.82. The lowest BCUT2D eigenvalue weighted by Gasteiger charge is -2.27. The van der Waals surface area contributed by atoms with Crippen molar-refractivity contribution in [3.63, 3.8) is 0 Å². The number of nitrogens with zero attached hydrogens (tertiary/aromatic N) is 3. The molecular weight excluding hydrogens is 244 g/mol. The number of fused-ring (bicyclic) bond motifs is 1. The van der Waals surface area contributed by atoms with Crippen LogP contribution in [0, 0.1) is 10.1 Å². The molecule has 0 atom stereocenters. The summed E-state index contributed by atoms with van der Waals surface area (Å²) < 4.78 is 0. The number of rotatable bonds is 2. The molecule has 0 radical (unpaired) electrons. The number of H-pyrrole nitrogens is 1. The Balaban J connectivity index is 1.91. The molecular formula is C13H16N4O2. The number of nitro benzene ring substituents is 1. The van der Waals surface area contributed by atoms with Gasteiger partial charge in [0.2, 0.25) is 0 Å². The molecule has 1 aliphatic heterocycles. The summed E-state index contributed by atoms with van der Waals surface area (Å²) >= 11 is 0. The maximum Gasteiger partial charge on any atom is 0.271 e. The number of likely N-dealkylation sites (tertiary alicyclic amines) is 1. The quantitative estimate of drug-likeness (QED) is 0.664. The summed E-state index contributed by atoms with van der Waals surface area (Å²) in [7, 11) is 2.12. The molecule has 0 amide bonds. The summed E-state index contributed by atoms with van der Waals surface area (Å²) in [5, 5.41) is 10.8. The molecule has 1 N–H and O–H groups in total. The Morgan fingerprint density at radius 1 is 1.42 bits per heavy atom. The lowest BCUT2D eigenvalue weighted by Crippen LogP contribution is -2.29. The van der Waals surface area contributed by atoms with Crippen LogP contribution in [0.1, 0.15) is 24.6 Å². The van der Waals surface area contributed by atoms with E-state index in [-0.39, 0.29) is 10.6 Å². The van der Waals surface area contributed by atoms with Gasteiger partial charge in [-0.25, -0.2) is 4.98 Å². The molecule has 1 aromatic carbocycles. The van der Waals surface area contributed by atoms with Crippen LogP contribution < -0.4 is 0 Å². The minimum absolute atomic E-state index is 0.103. The zero-order chi connectivity index (χ0) is 13.4. The van der Waals surface area contributed by atoms with Crippen molar-refractivity contribution < 1.29 is 4.92 Å². The van der Waals surface area contributed by atoms with Crippen molar-refractivity contribution in [1.82, 2.24) is 14.9 Å². The number of aromatic nitrogens is 2. The molecule has 0 bridgehead atoms. The third-order valence-corrected chi connectivity index (χ3v) is 3.80. The van der Waals surface area contributed by atoms with Crippen LogP contribution in [0.3, 0.4) is 0 Å². The summed E-state index contributed by atoms with van der Waals surface area (Å²) in [4.78, 5) is 20.5. The van der Waals surface area contributed by atoms with E-state index < -0.39 is 0 Å². The summed E-state index contributed by atoms with van der Waals surface area (Å²) in [5.41, 5.74) is 1.66. The van der Waals surface area contributed by atoms with Gasteiger partial charge in [-0.2, -0.15) is 0 Å². The number of hydrogen-bond donors (Lipinski definition) is 1. The lowest BCUT2D eigenvalue weighted by molar-refractivity contribution is -0.384. The number of non-ortho nitro benzene ring substituents is 1. The topological polar surface area (TPSA) is 75.1 Å². The first-order valence-electron chi connectivity index (χ1n) is 6.46. The van der Waals surface area contributed by atoms with Gasteiger partial charge >= 0.3 is 0 Å². The van der Waals surface area contributed by atoms with Crippen LogP contribution in [0.25, 0.3) is 11.0 Å². The fraction of sp³-hybridized carbons (Fsp3) is 0.462. The summed E-state index contributed by atoms with van der Waals surface area (Å²) in [6.07, 6.45) is 2.16. The van der Waals surface area contributed by atoms with Crippen molar-refractivity contribution in [3.8, 4) is 0 Å². The highest BCUT2D eigenvalue weighted by Crippen LogP contribution is 2.28. The highest BCUT2D eigenvalue weighted by atomic mass is 16.6. The SMILES string of the molecule is CN1CCC(c2nc3ccc([N+](=O)[O-])cc3[nH]2)CC1. The Morgan fingerprint density at radius 2 is 2.16 bits per heavy atom. The smallest absolute Gasteiger partial charge is 0.271 e. The third-order valence-electron chi connectivity index (χ3n) is 3.80. The van der Waals surface area contributed by atoms with Gasteiger partial charge in [-0.1, -0.05) is 0 Å². The van der Waals surface area contributed by atoms with Gasteiger partial charge < -0.3 is 9.88 Å². The van der Waals surface area contributed by atoms with Crippen LogP contribution in [0.4, 0.5) is 5.69 Å². The fourth-order valence-corrected chi connectivity index (χ4v) is 2.61. The molecule has 19 heavy (non-hydrogen) atoms. The highest BCUT2D eigenvalue weighted by molar-refractivity contribution is 5.77. The maximum atomic E-state index is 10.8. The van der Waals surface area contributed by atoms with Crippen molar-refractivity contribution >= 4 is 16.7 Å². The second-order valence-corrected chi connectivity index (χ2v) is 5.16. The molecule has 6 nitrogen and oxygen atoms in total. The summed E-state index contributed by atoms with van der Waals surface area (Å²) in [6, 6.07) is 4.77. The van der Waals surface area contributed by atoms with Gasteiger partial charge in [-0.05, 0) is 39.0 Å². The van der Waals surface area contributed by atoms with Crippen molar-refractivity contribution in [3.05, 3.63) is 34.1 Å². The van der Waals surface area contributed by atoms with Gasteiger partial charge in [0.25, 0.3) is 5.69 Å². The first kappa shape index (κ1) is 12.1. The average molecular weight is 260 g/mol. The maximum absolute atomic E-state index is 10.8. The zero-order valence-electron chi connectivity index (χ0n) is 10.8. The minimum Gasteiger partial charge on any atom is -0.342 e. The van der Waals surface area contributed by atoms with Gasteiger partial charge in [0.15, 0.2) is 0 Å². The van der Waals surface area contributed by atoms with Crippen LogP contribution in [-0.4, -0.2) is 39.9 Å². The Bertz CT molecular complexity index is 614. The molecule has 0 saturated carbocycles. The Kier molecular flexibility index (Phi) is 2.94. The van der Waals surface area contributed by atoms with E-state index in [0.717, 1.165) is 42.8 Å². The minimum atomic E-state index is -0.379. The number of benzene rings is 1. The van der Waals surface area contributed by atoms with Crippen molar-refractivity contribution in [2.75, 3.05) is 20.1 Å². The standard InChI is InChI=1S/C13H16N4O2/c1-16-6-4-9(5-7-16)13-14-11-3-2-10(17(18)19)8-12(11)15-13/h2-3,8-9H,4-7H2,1H3,(H,14,15). The number of nitrogens with one attached hydrogen (secondary N) is 1. The lowest BCUT2D eigenvalue weighted by atomic mass is 9.97. The molecule has 3 rings (SSSR count). The van der Waals surface area contributed by atoms with E-state index in [2.05, 4.69) is 21.9 Å². The van der Waals surface area contributed by atoms with E-state index in [0.29, 0.717) is 5.92 Å². The fourth-order valence-electron chi connectivity index (χ4n) is 2.61. The molecule has 0 aliphatic carbocycles. The van der Waals surface area contributed by atoms with Crippen LogP contribution in [-0.2, 0) is 0 Å². The van der Waals surface area contributed by atoms with E-state index in [4.69, 9.17) is 0 Å². The van der Waals surface area contributed by atoms with Crippen molar-refractivity contribution in [1.29, 1.82) is 0 Å². The van der Waals surface area contributed by atoms with Crippen LogP contribution in [0.2, 0.25) is 0 Å². The van der Waals surface area contributed by atoms with Crippen LogP contribution in [0.5, 0.6) is 0 Å². The summed E-state index contributed by atoms with van der Waals surface area (Å²) in [6.45, 7) is 2.14. The van der Waals surface area contributed by atoms with Gasteiger partial charge in [0, 0.05) is 18.1 Å². The molecule has 0 unspecified atom stereocenters.